The van der Waals surface area contributed by atoms with Gasteiger partial charge in [0.1, 0.15) is 0 Å². The number of nitrogens with one attached hydrogen (secondary N) is 2. The Kier molecular flexibility index (Phi) is 4.37. The Morgan fingerprint density at radius 3 is 2.32 bits per heavy atom. The van der Waals surface area contributed by atoms with Gasteiger partial charge in [-0.15, -0.1) is 0 Å². The molecule has 2 aromatic rings. The lowest BCUT2D eigenvalue weighted by Gasteiger charge is -2.20. The number of anilines is 1. The summed E-state index contributed by atoms with van der Waals surface area (Å²) in [4.78, 5) is 41.0. The van der Waals surface area contributed by atoms with Crippen LogP contribution in [0.4, 0.5) is 18.9 Å². The number of H-pyrrole nitrogens is 1. The largest absolute Gasteiger partial charge is 0.418 e. The average molecular weight is 418 g/mol. The standard InChI is InChI=1S/C15H13F3N4O5S/c1-7-3-12(23)21(6-7)11-4-8-10(5-9(11)15(16,17)18)19-14(25)22(13(8)24)20-28(2,26)27/h4-6,20H,3H2,1-2H3,(H,19,25). The van der Waals surface area contributed by atoms with E-state index in [2.05, 4.69) is 0 Å². The SMILES string of the molecule is CC1=CN(c2cc3c(=O)n(NS(C)(=O)=O)c(=O)[nH]c3cc2C(F)(F)F)C(=O)C1. The average Bonchev–Trinajstić information content (AvgIpc) is 2.87. The van der Waals surface area contributed by atoms with Crippen LogP contribution < -0.4 is 21.0 Å². The van der Waals surface area contributed by atoms with Crippen LogP contribution in [0.2, 0.25) is 0 Å². The number of nitrogens with zero attached hydrogens (tertiary/aromatic N) is 2. The third-order valence-corrected chi connectivity index (χ3v) is 4.40. The predicted octanol–water partition coefficient (Wildman–Crippen LogP) is 0.852. The molecule has 0 atom stereocenters. The number of fused-ring (bicyclic) bond motifs is 1. The van der Waals surface area contributed by atoms with Crippen LogP contribution in [-0.2, 0) is 21.0 Å². The molecular weight excluding hydrogens is 405 g/mol. The Hall–Kier alpha value is -3.09. The highest BCUT2D eigenvalue weighted by Crippen LogP contribution is 2.39. The zero-order valence-electron chi connectivity index (χ0n) is 14.4. The minimum absolute atomic E-state index is 0.0825. The highest BCUT2D eigenvalue weighted by Gasteiger charge is 2.37. The molecule has 1 aliphatic heterocycles. The topological polar surface area (TPSA) is 121 Å². The van der Waals surface area contributed by atoms with Gasteiger partial charge in [0.25, 0.3) is 5.56 Å². The van der Waals surface area contributed by atoms with Gasteiger partial charge in [0.2, 0.25) is 15.9 Å². The first kappa shape index (κ1) is 19.7. The van der Waals surface area contributed by atoms with Gasteiger partial charge >= 0.3 is 11.9 Å². The van der Waals surface area contributed by atoms with E-state index >= 15 is 0 Å². The van der Waals surface area contributed by atoms with Gasteiger partial charge in [-0.25, -0.2) is 18.0 Å². The molecule has 1 aliphatic rings. The van der Waals surface area contributed by atoms with Crippen molar-refractivity contribution in [2.24, 2.45) is 0 Å². The van der Waals surface area contributed by atoms with Crippen molar-refractivity contribution in [2.45, 2.75) is 19.5 Å². The van der Waals surface area contributed by atoms with E-state index in [0.29, 0.717) is 17.9 Å². The smallest absolute Gasteiger partial charge is 0.305 e. The number of rotatable bonds is 3. The Morgan fingerprint density at radius 1 is 1.18 bits per heavy atom. The van der Waals surface area contributed by atoms with Crippen molar-refractivity contribution in [3.05, 3.63) is 50.3 Å². The lowest BCUT2D eigenvalue weighted by Crippen LogP contribution is -2.43. The minimum Gasteiger partial charge on any atom is -0.305 e. The molecule has 0 aliphatic carbocycles. The van der Waals surface area contributed by atoms with Crippen LogP contribution in [0.3, 0.4) is 0 Å². The first-order valence-corrected chi connectivity index (χ1v) is 9.54. The van der Waals surface area contributed by atoms with Gasteiger partial charge < -0.3 is 4.98 Å². The van der Waals surface area contributed by atoms with E-state index in [1.807, 2.05) is 4.98 Å². The molecule has 2 heterocycles. The summed E-state index contributed by atoms with van der Waals surface area (Å²) < 4.78 is 63.4. The third-order valence-electron chi connectivity index (χ3n) is 3.88. The number of carbonyl (C=O) groups is 1. The normalized spacial score (nSPS) is 15.2. The Balaban J connectivity index is 2.37. The first-order valence-electron chi connectivity index (χ1n) is 7.65. The first-order chi connectivity index (χ1) is 12.8. The fraction of sp³-hybridized carbons (Fsp3) is 0.267. The summed E-state index contributed by atoms with van der Waals surface area (Å²) in [6.07, 6.45) is -3.05. The van der Waals surface area contributed by atoms with Crippen LogP contribution in [0.25, 0.3) is 10.9 Å². The van der Waals surface area contributed by atoms with Gasteiger partial charge in [-0.3, -0.25) is 14.5 Å². The number of hydrogen-bond donors (Lipinski definition) is 2. The quantitative estimate of drug-likeness (QED) is 0.766. The van der Waals surface area contributed by atoms with Crippen molar-refractivity contribution in [1.82, 2.24) is 9.66 Å². The van der Waals surface area contributed by atoms with Crippen LogP contribution in [0.15, 0.2) is 33.5 Å². The van der Waals surface area contributed by atoms with Gasteiger partial charge in [0.15, 0.2) is 0 Å². The lowest BCUT2D eigenvalue weighted by atomic mass is 10.1. The van der Waals surface area contributed by atoms with Crippen LogP contribution in [0, 0.1) is 0 Å². The van der Waals surface area contributed by atoms with E-state index in [9.17, 15) is 36.0 Å². The number of aromatic amines is 1. The molecule has 9 nitrogen and oxygen atoms in total. The summed E-state index contributed by atoms with van der Waals surface area (Å²) >= 11 is 0. The van der Waals surface area contributed by atoms with E-state index in [4.69, 9.17) is 0 Å². The van der Waals surface area contributed by atoms with Crippen molar-refractivity contribution < 1.29 is 26.4 Å². The van der Waals surface area contributed by atoms with E-state index in [1.54, 1.807) is 11.8 Å². The summed E-state index contributed by atoms with van der Waals surface area (Å²) in [6.45, 7) is 1.56. The molecule has 0 radical (unpaired) electrons. The van der Waals surface area contributed by atoms with E-state index < -0.39 is 55.5 Å². The zero-order chi connectivity index (χ0) is 21.0. The minimum atomic E-state index is -4.88. The van der Waals surface area contributed by atoms with Crippen molar-refractivity contribution in [2.75, 3.05) is 16.0 Å². The maximum absolute atomic E-state index is 13.5. The van der Waals surface area contributed by atoms with Crippen molar-refractivity contribution >= 4 is 32.5 Å². The fourth-order valence-corrected chi connectivity index (χ4v) is 3.29. The van der Waals surface area contributed by atoms with Gasteiger partial charge in [0.05, 0.1) is 28.4 Å². The predicted molar refractivity (Wildman–Crippen MR) is 93.9 cm³/mol. The maximum Gasteiger partial charge on any atom is 0.418 e. The second kappa shape index (κ2) is 6.22. The summed E-state index contributed by atoms with van der Waals surface area (Å²) in [5.74, 6) is -0.624. The van der Waals surface area contributed by atoms with Crippen LogP contribution >= 0.6 is 0 Å². The molecule has 0 saturated heterocycles. The summed E-state index contributed by atoms with van der Waals surface area (Å²) in [7, 11) is -4.03. The van der Waals surface area contributed by atoms with Gasteiger partial charge in [-0.1, -0.05) is 0 Å². The Bertz CT molecular complexity index is 1260. The van der Waals surface area contributed by atoms with Crippen molar-refractivity contribution in [3.8, 4) is 0 Å². The number of halogens is 3. The van der Waals surface area contributed by atoms with E-state index in [0.717, 1.165) is 11.0 Å². The Morgan fingerprint density at radius 2 is 1.82 bits per heavy atom. The highest BCUT2D eigenvalue weighted by atomic mass is 32.2. The maximum atomic E-state index is 13.5. The second-order valence-electron chi connectivity index (χ2n) is 6.26. The molecule has 3 rings (SSSR count). The molecule has 28 heavy (non-hydrogen) atoms. The molecule has 0 saturated carbocycles. The molecule has 1 aromatic heterocycles. The van der Waals surface area contributed by atoms with Crippen molar-refractivity contribution in [3.63, 3.8) is 0 Å². The van der Waals surface area contributed by atoms with Crippen molar-refractivity contribution in [1.29, 1.82) is 0 Å². The fourth-order valence-electron chi connectivity index (χ4n) is 2.79. The summed E-state index contributed by atoms with van der Waals surface area (Å²) in [5.41, 5.74) is -4.22. The van der Waals surface area contributed by atoms with E-state index in [1.165, 1.54) is 6.20 Å². The molecule has 0 bridgehead atoms. The number of benzene rings is 1. The molecule has 1 aromatic carbocycles. The van der Waals surface area contributed by atoms with Gasteiger partial charge in [-0.2, -0.15) is 17.8 Å². The number of carbonyl (C=O) groups excluding carboxylic acids is 1. The number of sulfonamides is 1. The molecular formula is C15H13F3N4O5S. The molecule has 0 unspecified atom stereocenters. The molecule has 150 valence electrons. The molecule has 1 amide bonds. The molecule has 2 N–H and O–H groups in total. The number of alkyl halides is 3. The number of amides is 1. The van der Waals surface area contributed by atoms with Crippen LogP contribution in [0.1, 0.15) is 18.9 Å². The zero-order valence-corrected chi connectivity index (χ0v) is 15.2. The molecule has 13 heteroatoms. The number of aromatic nitrogens is 2. The Labute approximate surface area is 155 Å². The van der Waals surface area contributed by atoms with Crippen LogP contribution in [-0.4, -0.2) is 30.2 Å². The second-order valence-corrected chi connectivity index (χ2v) is 7.99. The number of hydrogen-bond acceptors (Lipinski definition) is 5. The van der Waals surface area contributed by atoms with Gasteiger partial charge in [-0.05, 0) is 24.6 Å². The molecule has 0 spiro atoms. The summed E-state index contributed by atoms with van der Waals surface area (Å²) in [6, 6.07) is 1.33. The van der Waals surface area contributed by atoms with Crippen LogP contribution in [0.5, 0.6) is 0 Å². The highest BCUT2D eigenvalue weighted by molar-refractivity contribution is 7.91. The monoisotopic (exact) mass is 418 g/mol. The third kappa shape index (κ3) is 3.52. The van der Waals surface area contributed by atoms with Gasteiger partial charge in [0, 0.05) is 12.6 Å². The van der Waals surface area contributed by atoms with E-state index in [-0.39, 0.29) is 11.1 Å². The summed E-state index contributed by atoms with van der Waals surface area (Å²) in [5, 5.41) is -0.412. The lowest BCUT2D eigenvalue weighted by molar-refractivity contribution is -0.137. The molecule has 0 fully saturated rings.